The lowest BCUT2D eigenvalue weighted by Crippen LogP contribution is -2.59. The molecular formula is C14H18N2O. The molecule has 0 unspecified atom stereocenters. The molecule has 3 nitrogen and oxygen atoms in total. The Kier molecular flexibility index (Phi) is 2.65. The van der Waals surface area contributed by atoms with Gasteiger partial charge in [-0.15, -0.1) is 0 Å². The van der Waals surface area contributed by atoms with Crippen molar-refractivity contribution >= 4 is 10.9 Å². The molecule has 2 aromatic rings. The van der Waals surface area contributed by atoms with Gasteiger partial charge in [-0.05, 0) is 25.0 Å². The summed E-state index contributed by atoms with van der Waals surface area (Å²) in [6.07, 6.45) is 3.06. The van der Waals surface area contributed by atoms with Crippen molar-refractivity contribution in [3.8, 4) is 0 Å². The second-order valence-corrected chi connectivity index (χ2v) is 5.01. The van der Waals surface area contributed by atoms with E-state index in [1.807, 2.05) is 0 Å². The maximum absolute atomic E-state index is 5.91. The van der Waals surface area contributed by atoms with Crippen LogP contribution in [0.15, 0.2) is 30.5 Å². The molecule has 2 heterocycles. The normalized spacial score (nSPS) is 18.2. The Labute approximate surface area is 101 Å². The predicted octanol–water partition coefficient (Wildman–Crippen LogP) is 2.09. The minimum Gasteiger partial charge on any atom is -0.372 e. The average Bonchev–Trinajstić information content (AvgIpc) is 2.71. The fourth-order valence-corrected chi connectivity index (χ4v) is 2.32. The SMILES string of the molecule is CC1(OCCc2c[nH]c3ccccc23)CNC1. The van der Waals surface area contributed by atoms with E-state index in [0.717, 1.165) is 26.1 Å². The van der Waals surface area contributed by atoms with Gasteiger partial charge in [0.05, 0.1) is 12.2 Å². The fourth-order valence-electron chi connectivity index (χ4n) is 2.32. The molecule has 0 amide bonds. The quantitative estimate of drug-likeness (QED) is 0.844. The van der Waals surface area contributed by atoms with Gasteiger partial charge in [-0.1, -0.05) is 18.2 Å². The molecule has 90 valence electrons. The van der Waals surface area contributed by atoms with Gasteiger partial charge in [0.2, 0.25) is 0 Å². The third-order valence-corrected chi connectivity index (χ3v) is 3.49. The topological polar surface area (TPSA) is 37.0 Å². The molecule has 3 heteroatoms. The summed E-state index contributed by atoms with van der Waals surface area (Å²) in [4.78, 5) is 3.30. The van der Waals surface area contributed by atoms with Gasteiger partial charge in [0.1, 0.15) is 0 Å². The summed E-state index contributed by atoms with van der Waals surface area (Å²) in [5.74, 6) is 0. The lowest BCUT2D eigenvalue weighted by atomic mass is 10.00. The van der Waals surface area contributed by atoms with Gasteiger partial charge in [-0.3, -0.25) is 0 Å². The highest BCUT2D eigenvalue weighted by atomic mass is 16.5. The van der Waals surface area contributed by atoms with Crippen LogP contribution in [0, 0.1) is 0 Å². The van der Waals surface area contributed by atoms with Crippen LogP contribution in [0.3, 0.4) is 0 Å². The molecule has 3 rings (SSSR count). The molecule has 1 aliphatic heterocycles. The number of ether oxygens (including phenoxy) is 1. The molecule has 1 aliphatic rings. The molecule has 17 heavy (non-hydrogen) atoms. The molecule has 1 fully saturated rings. The number of rotatable bonds is 4. The number of aromatic amines is 1. The second-order valence-electron chi connectivity index (χ2n) is 5.01. The van der Waals surface area contributed by atoms with Crippen LogP contribution < -0.4 is 5.32 Å². The Bertz CT molecular complexity index is 514. The van der Waals surface area contributed by atoms with Gasteiger partial charge in [-0.25, -0.2) is 0 Å². The third kappa shape index (κ3) is 2.08. The zero-order valence-electron chi connectivity index (χ0n) is 10.1. The predicted molar refractivity (Wildman–Crippen MR) is 69.2 cm³/mol. The summed E-state index contributed by atoms with van der Waals surface area (Å²) < 4.78 is 5.91. The van der Waals surface area contributed by atoms with Crippen LogP contribution in [0.25, 0.3) is 10.9 Å². The van der Waals surface area contributed by atoms with Gasteiger partial charge < -0.3 is 15.0 Å². The fraction of sp³-hybridized carbons (Fsp3) is 0.429. The standard InChI is InChI=1S/C14H18N2O/c1-14(9-15-10-14)17-7-6-11-8-16-13-5-3-2-4-12(11)13/h2-5,8,15-16H,6-7,9-10H2,1H3. The lowest BCUT2D eigenvalue weighted by Gasteiger charge is -2.39. The molecule has 0 spiro atoms. The van der Waals surface area contributed by atoms with Crippen molar-refractivity contribution in [1.82, 2.24) is 10.3 Å². The van der Waals surface area contributed by atoms with E-state index in [2.05, 4.69) is 47.7 Å². The molecule has 0 saturated carbocycles. The number of hydrogen-bond donors (Lipinski definition) is 2. The largest absolute Gasteiger partial charge is 0.372 e. The zero-order chi connectivity index (χ0) is 11.7. The summed E-state index contributed by atoms with van der Waals surface area (Å²) in [7, 11) is 0. The van der Waals surface area contributed by atoms with Crippen molar-refractivity contribution in [3.63, 3.8) is 0 Å². The van der Waals surface area contributed by atoms with Gasteiger partial charge >= 0.3 is 0 Å². The van der Waals surface area contributed by atoms with Crippen molar-refractivity contribution in [2.45, 2.75) is 18.9 Å². The van der Waals surface area contributed by atoms with Crippen molar-refractivity contribution in [2.24, 2.45) is 0 Å². The summed E-state index contributed by atoms with van der Waals surface area (Å²) >= 11 is 0. The Morgan fingerprint density at radius 3 is 2.88 bits per heavy atom. The monoisotopic (exact) mass is 230 g/mol. The minimum absolute atomic E-state index is 0.0616. The number of hydrogen-bond acceptors (Lipinski definition) is 2. The summed E-state index contributed by atoms with van der Waals surface area (Å²) in [5, 5.41) is 4.56. The molecule has 2 N–H and O–H groups in total. The second kappa shape index (κ2) is 4.17. The van der Waals surface area contributed by atoms with Gasteiger partial charge in [0, 0.05) is 30.2 Å². The van der Waals surface area contributed by atoms with Crippen LogP contribution in [0.2, 0.25) is 0 Å². The molecule has 0 radical (unpaired) electrons. The van der Waals surface area contributed by atoms with E-state index in [1.54, 1.807) is 0 Å². The third-order valence-electron chi connectivity index (χ3n) is 3.49. The van der Waals surface area contributed by atoms with Crippen LogP contribution >= 0.6 is 0 Å². The number of para-hydroxylation sites is 1. The first-order valence-corrected chi connectivity index (χ1v) is 6.17. The van der Waals surface area contributed by atoms with Crippen LogP contribution in [0.1, 0.15) is 12.5 Å². The lowest BCUT2D eigenvalue weighted by molar-refractivity contribution is -0.0651. The number of benzene rings is 1. The van der Waals surface area contributed by atoms with E-state index in [-0.39, 0.29) is 5.60 Å². The molecule has 1 aromatic carbocycles. The number of H-pyrrole nitrogens is 1. The molecule has 0 atom stereocenters. The first-order valence-electron chi connectivity index (χ1n) is 6.17. The highest BCUT2D eigenvalue weighted by Gasteiger charge is 2.32. The molecular weight excluding hydrogens is 212 g/mol. The molecule has 0 bridgehead atoms. The molecule has 1 saturated heterocycles. The van der Waals surface area contributed by atoms with Crippen LogP contribution in [0.5, 0.6) is 0 Å². The zero-order valence-corrected chi connectivity index (χ0v) is 10.1. The summed E-state index contributed by atoms with van der Waals surface area (Å²) in [5.41, 5.74) is 2.61. The average molecular weight is 230 g/mol. The first kappa shape index (κ1) is 10.8. The van der Waals surface area contributed by atoms with Crippen molar-refractivity contribution < 1.29 is 4.74 Å². The van der Waals surface area contributed by atoms with E-state index in [9.17, 15) is 0 Å². The highest BCUT2D eigenvalue weighted by Crippen LogP contribution is 2.20. The van der Waals surface area contributed by atoms with Crippen LogP contribution in [-0.4, -0.2) is 30.3 Å². The minimum atomic E-state index is 0.0616. The maximum atomic E-state index is 5.91. The number of aromatic nitrogens is 1. The van der Waals surface area contributed by atoms with Gasteiger partial charge in [0.15, 0.2) is 0 Å². The van der Waals surface area contributed by atoms with E-state index >= 15 is 0 Å². The summed E-state index contributed by atoms with van der Waals surface area (Å²) in [6.45, 7) is 4.90. The number of fused-ring (bicyclic) bond motifs is 1. The van der Waals surface area contributed by atoms with Crippen molar-refractivity contribution in [2.75, 3.05) is 19.7 Å². The first-order chi connectivity index (χ1) is 8.27. The van der Waals surface area contributed by atoms with E-state index in [0.29, 0.717) is 0 Å². The Balaban J connectivity index is 1.65. The van der Waals surface area contributed by atoms with E-state index < -0.39 is 0 Å². The van der Waals surface area contributed by atoms with Crippen LogP contribution in [0.4, 0.5) is 0 Å². The Morgan fingerprint density at radius 1 is 1.29 bits per heavy atom. The van der Waals surface area contributed by atoms with E-state index in [1.165, 1.54) is 16.5 Å². The Morgan fingerprint density at radius 2 is 2.12 bits per heavy atom. The molecule has 1 aromatic heterocycles. The molecule has 0 aliphatic carbocycles. The van der Waals surface area contributed by atoms with Crippen molar-refractivity contribution in [1.29, 1.82) is 0 Å². The smallest absolute Gasteiger partial charge is 0.0901 e. The highest BCUT2D eigenvalue weighted by molar-refractivity contribution is 5.82. The number of nitrogens with one attached hydrogen (secondary N) is 2. The van der Waals surface area contributed by atoms with Crippen molar-refractivity contribution in [3.05, 3.63) is 36.0 Å². The Hall–Kier alpha value is -1.32. The maximum Gasteiger partial charge on any atom is 0.0901 e. The summed E-state index contributed by atoms with van der Waals surface area (Å²) in [6, 6.07) is 8.41. The van der Waals surface area contributed by atoms with E-state index in [4.69, 9.17) is 4.74 Å². The van der Waals surface area contributed by atoms with Crippen LogP contribution in [-0.2, 0) is 11.2 Å². The van der Waals surface area contributed by atoms with Gasteiger partial charge in [-0.2, -0.15) is 0 Å². The van der Waals surface area contributed by atoms with Gasteiger partial charge in [0.25, 0.3) is 0 Å².